The van der Waals surface area contributed by atoms with Gasteiger partial charge in [0.15, 0.2) is 5.76 Å². The number of halogens is 1. The van der Waals surface area contributed by atoms with Gasteiger partial charge < -0.3 is 15.6 Å². The van der Waals surface area contributed by atoms with Crippen molar-refractivity contribution in [3.63, 3.8) is 0 Å². The summed E-state index contributed by atoms with van der Waals surface area (Å²) in [4.78, 5) is 11.9. The molecule has 1 aromatic heterocycles. The first-order valence-electron chi connectivity index (χ1n) is 5.32. The Kier molecular flexibility index (Phi) is 3.66. The Bertz CT molecular complexity index is 580. The highest BCUT2D eigenvalue weighted by Crippen LogP contribution is 2.23. The summed E-state index contributed by atoms with van der Waals surface area (Å²) in [6, 6.07) is 6.92. The number of hydrogen-bond acceptors (Lipinski definition) is 4. The molecule has 5 nitrogen and oxygen atoms in total. The van der Waals surface area contributed by atoms with E-state index < -0.39 is 0 Å². The normalized spacial score (nSPS) is 10.3. The van der Waals surface area contributed by atoms with Crippen LogP contribution in [0.25, 0.3) is 0 Å². The van der Waals surface area contributed by atoms with E-state index in [0.29, 0.717) is 28.0 Å². The number of aryl methyl sites for hydroxylation is 1. The molecular formula is C12H12BrN3O2. The van der Waals surface area contributed by atoms with Gasteiger partial charge in [-0.3, -0.25) is 4.79 Å². The summed E-state index contributed by atoms with van der Waals surface area (Å²) in [5, 5.41) is 6.48. The van der Waals surface area contributed by atoms with Gasteiger partial charge in [0.05, 0.1) is 22.3 Å². The lowest BCUT2D eigenvalue weighted by atomic mass is 10.2. The number of hydrogen-bond donors (Lipinski definition) is 2. The third kappa shape index (κ3) is 2.70. The summed E-state index contributed by atoms with van der Waals surface area (Å²) >= 11 is 3.29. The van der Waals surface area contributed by atoms with E-state index in [0.717, 1.165) is 5.69 Å². The van der Waals surface area contributed by atoms with E-state index in [2.05, 4.69) is 26.4 Å². The number of anilines is 1. The minimum absolute atomic E-state index is 0.219. The topological polar surface area (TPSA) is 81.2 Å². The highest BCUT2D eigenvalue weighted by Gasteiger charge is 2.12. The van der Waals surface area contributed by atoms with Gasteiger partial charge in [0, 0.05) is 11.8 Å². The second-order valence-electron chi connectivity index (χ2n) is 3.83. The monoisotopic (exact) mass is 309 g/mol. The van der Waals surface area contributed by atoms with E-state index in [4.69, 9.17) is 10.3 Å². The van der Waals surface area contributed by atoms with Crippen LogP contribution in [0.2, 0.25) is 0 Å². The van der Waals surface area contributed by atoms with Crippen LogP contribution in [0.1, 0.15) is 21.8 Å². The van der Waals surface area contributed by atoms with Crippen LogP contribution >= 0.6 is 15.9 Å². The Morgan fingerprint density at radius 1 is 1.56 bits per heavy atom. The molecule has 0 unspecified atom stereocenters. The summed E-state index contributed by atoms with van der Waals surface area (Å²) in [5.41, 5.74) is 7.51. The van der Waals surface area contributed by atoms with Crippen LogP contribution < -0.4 is 11.1 Å². The number of nitrogen functional groups attached to an aromatic ring is 1. The molecule has 1 amide bonds. The van der Waals surface area contributed by atoms with Gasteiger partial charge in [0.2, 0.25) is 0 Å². The van der Waals surface area contributed by atoms with Crippen molar-refractivity contribution < 1.29 is 9.32 Å². The predicted octanol–water partition coefficient (Wildman–Crippen LogP) is 2.26. The second kappa shape index (κ2) is 5.22. The van der Waals surface area contributed by atoms with Gasteiger partial charge >= 0.3 is 0 Å². The Morgan fingerprint density at radius 2 is 2.33 bits per heavy atom. The molecule has 0 radical (unpaired) electrons. The first kappa shape index (κ1) is 12.6. The van der Waals surface area contributed by atoms with Gasteiger partial charge in [-0.1, -0.05) is 11.2 Å². The van der Waals surface area contributed by atoms with E-state index in [1.165, 1.54) is 0 Å². The number of nitrogens with zero attached hydrogens (tertiary/aromatic N) is 1. The molecule has 18 heavy (non-hydrogen) atoms. The average molecular weight is 310 g/mol. The highest BCUT2D eigenvalue weighted by atomic mass is 79.9. The van der Waals surface area contributed by atoms with Crippen LogP contribution in [0.3, 0.4) is 0 Å². The Morgan fingerprint density at radius 3 is 3.00 bits per heavy atom. The number of nitrogens with one attached hydrogen (secondary N) is 1. The molecule has 0 aliphatic rings. The highest BCUT2D eigenvalue weighted by molar-refractivity contribution is 9.10. The molecule has 0 spiro atoms. The molecule has 6 heteroatoms. The number of benzene rings is 1. The van der Waals surface area contributed by atoms with E-state index in [-0.39, 0.29) is 5.91 Å². The van der Waals surface area contributed by atoms with Crippen molar-refractivity contribution in [2.45, 2.75) is 13.5 Å². The molecule has 1 aromatic carbocycles. The van der Waals surface area contributed by atoms with Crippen molar-refractivity contribution in [3.05, 3.63) is 45.8 Å². The molecule has 3 N–H and O–H groups in total. The zero-order valence-corrected chi connectivity index (χ0v) is 11.3. The molecule has 0 fully saturated rings. The molecule has 0 atom stereocenters. The zero-order valence-electron chi connectivity index (χ0n) is 9.74. The van der Waals surface area contributed by atoms with Crippen molar-refractivity contribution in [1.29, 1.82) is 0 Å². The quantitative estimate of drug-likeness (QED) is 0.852. The lowest BCUT2D eigenvalue weighted by Gasteiger charge is -2.06. The summed E-state index contributed by atoms with van der Waals surface area (Å²) in [5.74, 6) is 0.393. The van der Waals surface area contributed by atoms with Crippen LogP contribution in [0, 0.1) is 6.92 Å². The Balaban J connectivity index is 2.06. The number of rotatable bonds is 3. The second-order valence-corrected chi connectivity index (χ2v) is 4.62. The van der Waals surface area contributed by atoms with Gasteiger partial charge in [-0.15, -0.1) is 0 Å². The first-order valence-corrected chi connectivity index (χ1v) is 6.11. The summed E-state index contributed by atoms with van der Waals surface area (Å²) in [6.07, 6.45) is 0. The van der Waals surface area contributed by atoms with Crippen LogP contribution in [0.4, 0.5) is 5.69 Å². The van der Waals surface area contributed by atoms with E-state index in [1.54, 1.807) is 24.3 Å². The Labute approximate surface area is 112 Å². The van der Waals surface area contributed by atoms with Crippen molar-refractivity contribution in [1.82, 2.24) is 10.5 Å². The van der Waals surface area contributed by atoms with E-state index in [9.17, 15) is 4.79 Å². The Hall–Kier alpha value is -1.82. The number of nitrogens with two attached hydrogens (primary N) is 1. The smallest absolute Gasteiger partial charge is 0.252 e. The van der Waals surface area contributed by atoms with Gasteiger partial charge in [-0.25, -0.2) is 0 Å². The minimum atomic E-state index is -0.219. The van der Waals surface area contributed by atoms with Crippen LogP contribution in [-0.2, 0) is 6.54 Å². The lowest BCUT2D eigenvalue weighted by molar-refractivity contribution is 0.0946. The molecule has 2 aromatic rings. The largest absolute Gasteiger partial charge is 0.398 e. The molecule has 0 aliphatic heterocycles. The van der Waals surface area contributed by atoms with Crippen molar-refractivity contribution >= 4 is 27.5 Å². The first-order chi connectivity index (χ1) is 8.58. The molecule has 2 rings (SSSR count). The molecular weight excluding hydrogens is 298 g/mol. The summed E-state index contributed by atoms with van der Waals surface area (Å²) < 4.78 is 5.60. The third-order valence-corrected chi connectivity index (χ3v) is 3.26. The number of amides is 1. The van der Waals surface area contributed by atoms with Gasteiger partial charge in [0.25, 0.3) is 5.91 Å². The maximum Gasteiger partial charge on any atom is 0.252 e. The minimum Gasteiger partial charge on any atom is -0.398 e. The zero-order chi connectivity index (χ0) is 13.1. The molecule has 1 heterocycles. The fourth-order valence-corrected chi connectivity index (χ4v) is 1.93. The van der Waals surface area contributed by atoms with Crippen LogP contribution in [-0.4, -0.2) is 11.1 Å². The molecule has 94 valence electrons. The van der Waals surface area contributed by atoms with E-state index in [1.807, 2.05) is 6.92 Å². The molecule has 0 bridgehead atoms. The standard InChI is InChI=1S/C12H12BrN3O2/c1-7-5-8(18-16-7)6-15-12(17)9-3-2-4-10(14)11(9)13/h2-5H,6,14H2,1H3,(H,15,17). The third-order valence-electron chi connectivity index (χ3n) is 2.37. The lowest BCUT2D eigenvalue weighted by Crippen LogP contribution is -2.23. The fourth-order valence-electron chi connectivity index (χ4n) is 1.49. The average Bonchev–Trinajstić information content (AvgIpc) is 2.76. The van der Waals surface area contributed by atoms with Crippen molar-refractivity contribution in [2.75, 3.05) is 5.73 Å². The molecule has 0 saturated carbocycles. The number of carbonyl (C=O) groups is 1. The number of aromatic nitrogens is 1. The number of carbonyl (C=O) groups excluding carboxylic acids is 1. The van der Waals surface area contributed by atoms with Gasteiger partial charge in [-0.2, -0.15) is 0 Å². The summed E-state index contributed by atoms with van der Waals surface area (Å²) in [7, 11) is 0. The molecule has 0 saturated heterocycles. The van der Waals surface area contributed by atoms with Gasteiger partial charge in [0.1, 0.15) is 0 Å². The van der Waals surface area contributed by atoms with Crippen LogP contribution in [0.5, 0.6) is 0 Å². The van der Waals surface area contributed by atoms with Gasteiger partial charge in [-0.05, 0) is 35.0 Å². The van der Waals surface area contributed by atoms with Crippen LogP contribution in [0.15, 0.2) is 33.3 Å². The molecule has 0 aliphatic carbocycles. The van der Waals surface area contributed by atoms with Crippen molar-refractivity contribution in [3.8, 4) is 0 Å². The SMILES string of the molecule is Cc1cc(CNC(=O)c2cccc(N)c2Br)on1. The maximum atomic E-state index is 11.9. The summed E-state index contributed by atoms with van der Waals surface area (Å²) in [6.45, 7) is 2.12. The fraction of sp³-hybridized carbons (Fsp3) is 0.167. The maximum absolute atomic E-state index is 11.9. The van der Waals surface area contributed by atoms with Crippen molar-refractivity contribution in [2.24, 2.45) is 0 Å². The predicted molar refractivity (Wildman–Crippen MR) is 71.0 cm³/mol. The van der Waals surface area contributed by atoms with E-state index >= 15 is 0 Å².